The van der Waals surface area contributed by atoms with Gasteiger partial charge < -0.3 is 15.4 Å². The van der Waals surface area contributed by atoms with Gasteiger partial charge in [0.2, 0.25) is 11.8 Å². The van der Waals surface area contributed by atoms with Crippen LogP contribution >= 0.6 is 0 Å². The second kappa shape index (κ2) is 5.47. The van der Waals surface area contributed by atoms with Crippen LogP contribution in [-0.4, -0.2) is 28.5 Å². The van der Waals surface area contributed by atoms with Gasteiger partial charge >= 0.3 is 5.69 Å². The Balaban J connectivity index is 1.88. The Hall–Kier alpha value is -2.90. The molecular weight excluding hydrogens is 286 g/mol. The molecule has 0 fully saturated rings. The number of rotatable bonds is 3. The first-order valence-electron chi connectivity index (χ1n) is 6.76. The summed E-state index contributed by atoms with van der Waals surface area (Å²) < 4.78 is 5.24. The molecule has 0 atom stereocenters. The predicted octanol–water partition coefficient (Wildman–Crippen LogP) is 1.54. The lowest BCUT2D eigenvalue weighted by atomic mass is 10.00. The number of ether oxygens (including phenoxy) is 1. The topological polar surface area (TPSA) is 107 Å². The van der Waals surface area contributed by atoms with Crippen molar-refractivity contribution >= 4 is 17.5 Å². The van der Waals surface area contributed by atoms with Crippen LogP contribution in [-0.2, 0) is 13.0 Å². The van der Waals surface area contributed by atoms with Crippen LogP contribution < -0.4 is 15.4 Å². The number of hydrogen-bond donors (Lipinski definition) is 1. The molecule has 3 rings (SSSR count). The number of aromatic nitrogens is 2. The van der Waals surface area contributed by atoms with Crippen molar-refractivity contribution in [3.63, 3.8) is 0 Å². The van der Waals surface area contributed by atoms with Crippen LogP contribution in [0.5, 0.6) is 5.75 Å². The number of hydrogen-bond acceptors (Lipinski definition) is 7. The average Bonchev–Trinajstić information content (AvgIpc) is 2.53. The smallest absolute Gasteiger partial charge is 0.329 e. The highest BCUT2D eigenvalue weighted by molar-refractivity contribution is 5.54. The number of anilines is 2. The molecule has 0 aliphatic carbocycles. The molecule has 1 aromatic carbocycles. The quantitative estimate of drug-likeness (QED) is 0.676. The number of methoxy groups -OCH3 is 1. The molecule has 2 aromatic rings. The van der Waals surface area contributed by atoms with E-state index in [2.05, 4.69) is 16.0 Å². The molecule has 22 heavy (non-hydrogen) atoms. The zero-order valence-corrected chi connectivity index (χ0v) is 12.0. The summed E-state index contributed by atoms with van der Waals surface area (Å²) in [6.07, 6.45) is 2.00. The van der Waals surface area contributed by atoms with Gasteiger partial charge in [-0.05, 0) is 29.7 Å². The van der Waals surface area contributed by atoms with Crippen molar-refractivity contribution in [1.29, 1.82) is 0 Å². The van der Waals surface area contributed by atoms with E-state index in [-0.39, 0.29) is 11.5 Å². The molecule has 2 heterocycles. The third-order valence-electron chi connectivity index (χ3n) is 3.69. The molecular formula is C14H15N5O3. The molecule has 0 amide bonds. The maximum atomic E-state index is 10.8. The van der Waals surface area contributed by atoms with Crippen LogP contribution in [0.1, 0.15) is 11.1 Å². The fourth-order valence-corrected chi connectivity index (χ4v) is 2.50. The van der Waals surface area contributed by atoms with E-state index < -0.39 is 4.92 Å². The van der Waals surface area contributed by atoms with Gasteiger partial charge in [-0.25, -0.2) is 4.98 Å². The maximum Gasteiger partial charge on any atom is 0.329 e. The average molecular weight is 301 g/mol. The Labute approximate surface area is 126 Å². The summed E-state index contributed by atoms with van der Waals surface area (Å²) in [7, 11) is 1.63. The zero-order chi connectivity index (χ0) is 15.7. The summed E-state index contributed by atoms with van der Waals surface area (Å²) >= 11 is 0. The van der Waals surface area contributed by atoms with E-state index in [0.717, 1.165) is 30.5 Å². The molecule has 114 valence electrons. The predicted molar refractivity (Wildman–Crippen MR) is 80.8 cm³/mol. The summed E-state index contributed by atoms with van der Waals surface area (Å²) in [5, 5.41) is 10.8. The van der Waals surface area contributed by atoms with Crippen molar-refractivity contribution in [3.05, 3.63) is 45.6 Å². The molecule has 0 bridgehead atoms. The number of nitrogens with zero attached hydrogens (tertiary/aromatic N) is 4. The summed E-state index contributed by atoms with van der Waals surface area (Å²) in [6, 6.07) is 5.97. The normalized spacial score (nSPS) is 13.6. The molecule has 1 aliphatic heterocycles. The second-order valence-electron chi connectivity index (χ2n) is 5.00. The highest BCUT2D eigenvalue weighted by atomic mass is 16.6. The van der Waals surface area contributed by atoms with Crippen LogP contribution in [0.4, 0.5) is 17.5 Å². The summed E-state index contributed by atoms with van der Waals surface area (Å²) in [6.45, 7) is 1.35. The molecule has 0 spiro atoms. The van der Waals surface area contributed by atoms with Crippen molar-refractivity contribution in [3.8, 4) is 5.75 Å². The lowest BCUT2D eigenvalue weighted by molar-refractivity contribution is -0.384. The van der Waals surface area contributed by atoms with E-state index in [0.29, 0.717) is 12.5 Å². The van der Waals surface area contributed by atoms with Gasteiger partial charge in [-0.2, -0.15) is 4.98 Å². The van der Waals surface area contributed by atoms with E-state index in [1.807, 2.05) is 17.0 Å². The number of fused-ring (bicyclic) bond motifs is 1. The highest BCUT2D eigenvalue weighted by Gasteiger charge is 2.21. The molecule has 2 N–H and O–H groups in total. The van der Waals surface area contributed by atoms with E-state index in [1.54, 1.807) is 7.11 Å². The first-order chi connectivity index (χ1) is 10.6. The van der Waals surface area contributed by atoms with E-state index in [4.69, 9.17) is 10.5 Å². The minimum absolute atomic E-state index is 0.119. The van der Waals surface area contributed by atoms with E-state index in [9.17, 15) is 10.1 Å². The van der Waals surface area contributed by atoms with Crippen LogP contribution in [0.15, 0.2) is 24.4 Å². The van der Waals surface area contributed by atoms with E-state index in [1.165, 1.54) is 5.56 Å². The van der Waals surface area contributed by atoms with Crippen molar-refractivity contribution in [2.24, 2.45) is 0 Å². The Morgan fingerprint density at radius 2 is 2.23 bits per heavy atom. The van der Waals surface area contributed by atoms with Gasteiger partial charge in [0, 0.05) is 13.1 Å². The second-order valence-corrected chi connectivity index (χ2v) is 5.00. The Kier molecular flexibility index (Phi) is 3.50. The minimum Gasteiger partial charge on any atom is -0.497 e. The van der Waals surface area contributed by atoms with Crippen LogP contribution in [0.3, 0.4) is 0 Å². The first kappa shape index (κ1) is 14.1. The van der Waals surface area contributed by atoms with Crippen LogP contribution in [0, 0.1) is 10.1 Å². The molecule has 1 aliphatic rings. The SMILES string of the molecule is COc1ccc2c(c1)CN(c1ncc([N+](=O)[O-])c(N)n1)CC2. The number of benzene rings is 1. The number of nitro groups is 1. The van der Waals surface area contributed by atoms with Gasteiger partial charge in [-0.15, -0.1) is 0 Å². The summed E-state index contributed by atoms with van der Waals surface area (Å²) in [4.78, 5) is 20.2. The molecule has 0 saturated heterocycles. The fourth-order valence-electron chi connectivity index (χ4n) is 2.50. The maximum absolute atomic E-state index is 10.8. The fraction of sp³-hybridized carbons (Fsp3) is 0.286. The highest BCUT2D eigenvalue weighted by Crippen LogP contribution is 2.27. The Morgan fingerprint density at radius 3 is 2.91 bits per heavy atom. The van der Waals surface area contributed by atoms with Crippen molar-refractivity contribution in [2.75, 3.05) is 24.3 Å². The minimum atomic E-state index is -0.588. The van der Waals surface area contributed by atoms with Crippen molar-refractivity contribution in [1.82, 2.24) is 9.97 Å². The van der Waals surface area contributed by atoms with Gasteiger partial charge in [0.15, 0.2) is 0 Å². The van der Waals surface area contributed by atoms with Gasteiger partial charge in [0.05, 0.1) is 12.0 Å². The third-order valence-corrected chi connectivity index (χ3v) is 3.69. The van der Waals surface area contributed by atoms with Gasteiger partial charge in [-0.1, -0.05) is 6.07 Å². The molecule has 0 radical (unpaired) electrons. The van der Waals surface area contributed by atoms with Crippen molar-refractivity contribution < 1.29 is 9.66 Å². The van der Waals surface area contributed by atoms with Gasteiger partial charge in [0.1, 0.15) is 11.9 Å². The lowest BCUT2D eigenvalue weighted by Gasteiger charge is -2.29. The largest absolute Gasteiger partial charge is 0.497 e. The summed E-state index contributed by atoms with van der Waals surface area (Å²) in [5.74, 6) is 1.08. The monoisotopic (exact) mass is 301 g/mol. The Morgan fingerprint density at radius 1 is 1.41 bits per heavy atom. The van der Waals surface area contributed by atoms with Gasteiger partial charge in [0.25, 0.3) is 0 Å². The standard InChI is InChI=1S/C14H15N5O3/c1-22-11-3-2-9-4-5-18(8-10(9)6-11)14-16-7-12(19(20)21)13(15)17-14/h2-3,6-7H,4-5,8H2,1H3,(H2,15,16,17). The molecule has 0 unspecified atom stereocenters. The Bertz CT molecular complexity index is 734. The molecule has 1 aromatic heterocycles. The van der Waals surface area contributed by atoms with Crippen LogP contribution in [0.25, 0.3) is 0 Å². The van der Waals surface area contributed by atoms with Crippen LogP contribution in [0.2, 0.25) is 0 Å². The lowest BCUT2D eigenvalue weighted by Crippen LogP contribution is -2.32. The number of nitrogens with two attached hydrogens (primary N) is 1. The zero-order valence-electron chi connectivity index (χ0n) is 12.0. The molecule has 0 saturated carbocycles. The molecule has 8 heteroatoms. The molecule has 8 nitrogen and oxygen atoms in total. The summed E-state index contributed by atoms with van der Waals surface area (Å²) in [5.41, 5.74) is 7.74. The van der Waals surface area contributed by atoms with Gasteiger partial charge in [-0.3, -0.25) is 10.1 Å². The number of nitrogen functional groups attached to an aromatic ring is 1. The third kappa shape index (κ3) is 2.50. The van der Waals surface area contributed by atoms with Crippen molar-refractivity contribution in [2.45, 2.75) is 13.0 Å². The van der Waals surface area contributed by atoms with E-state index >= 15 is 0 Å². The first-order valence-corrected chi connectivity index (χ1v) is 6.76.